The maximum atomic E-state index is 10.8. The lowest BCUT2D eigenvalue weighted by Crippen LogP contribution is -2.10. The molecule has 1 aliphatic rings. The molecule has 1 aromatic rings. The maximum Gasteiger partial charge on any atom is 0.251 e. The Morgan fingerprint density at radius 1 is 1.54 bits per heavy atom. The Morgan fingerprint density at radius 2 is 2.23 bits per heavy atom. The van der Waals surface area contributed by atoms with Gasteiger partial charge in [-0.3, -0.25) is 9.48 Å². The van der Waals surface area contributed by atoms with E-state index in [-0.39, 0.29) is 0 Å². The minimum absolute atomic E-state index is 0.399. The Hall–Kier alpha value is -1.32. The van der Waals surface area contributed by atoms with Crippen molar-refractivity contribution in [3.05, 3.63) is 18.0 Å². The number of hydrogen-bond acceptors (Lipinski definition) is 2. The van der Waals surface area contributed by atoms with E-state index in [4.69, 9.17) is 5.73 Å². The van der Waals surface area contributed by atoms with E-state index in [1.54, 1.807) is 12.4 Å². The molecule has 0 radical (unpaired) electrons. The van der Waals surface area contributed by atoms with Gasteiger partial charge in [0.2, 0.25) is 0 Å². The SMILES string of the molecule is NC(=O)c1cnn(C2CCCC2)c1. The second-order valence-corrected chi connectivity index (χ2v) is 3.51. The van der Waals surface area contributed by atoms with Crippen molar-refractivity contribution in [2.24, 2.45) is 5.73 Å². The number of primary amides is 1. The summed E-state index contributed by atoms with van der Waals surface area (Å²) >= 11 is 0. The molecule has 1 heterocycles. The van der Waals surface area contributed by atoms with E-state index in [1.165, 1.54) is 25.7 Å². The number of carbonyl (C=O) groups is 1. The van der Waals surface area contributed by atoms with Gasteiger partial charge in [0.1, 0.15) is 0 Å². The van der Waals surface area contributed by atoms with E-state index < -0.39 is 5.91 Å². The van der Waals surface area contributed by atoms with Crippen molar-refractivity contribution in [3.63, 3.8) is 0 Å². The Bertz CT molecular complexity index is 312. The Balaban J connectivity index is 2.16. The minimum atomic E-state index is -0.399. The topological polar surface area (TPSA) is 60.9 Å². The van der Waals surface area contributed by atoms with Gasteiger partial charge in [0.15, 0.2) is 0 Å². The van der Waals surface area contributed by atoms with Gasteiger partial charge in [0, 0.05) is 6.20 Å². The van der Waals surface area contributed by atoms with E-state index >= 15 is 0 Å². The minimum Gasteiger partial charge on any atom is -0.366 e. The van der Waals surface area contributed by atoms with Crippen molar-refractivity contribution in [2.75, 3.05) is 0 Å². The van der Waals surface area contributed by atoms with E-state index in [2.05, 4.69) is 5.10 Å². The standard InChI is InChI=1S/C9H13N3O/c10-9(13)7-5-11-12(6-7)8-3-1-2-4-8/h5-6,8H,1-4H2,(H2,10,13). The van der Waals surface area contributed by atoms with Gasteiger partial charge in [0.25, 0.3) is 5.91 Å². The van der Waals surface area contributed by atoms with E-state index in [0.29, 0.717) is 11.6 Å². The Morgan fingerprint density at radius 3 is 2.77 bits per heavy atom. The molecule has 2 rings (SSSR count). The third-order valence-electron chi connectivity index (χ3n) is 2.58. The van der Waals surface area contributed by atoms with Crippen molar-refractivity contribution in [1.82, 2.24) is 9.78 Å². The smallest absolute Gasteiger partial charge is 0.251 e. The maximum absolute atomic E-state index is 10.8. The van der Waals surface area contributed by atoms with Gasteiger partial charge in [-0.25, -0.2) is 0 Å². The molecule has 1 amide bonds. The van der Waals surface area contributed by atoms with Crippen LogP contribution in [0, 0.1) is 0 Å². The molecule has 70 valence electrons. The van der Waals surface area contributed by atoms with Crippen LogP contribution in [-0.4, -0.2) is 15.7 Å². The fourth-order valence-electron chi connectivity index (χ4n) is 1.83. The van der Waals surface area contributed by atoms with Gasteiger partial charge in [-0.05, 0) is 12.8 Å². The molecule has 13 heavy (non-hydrogen) atoms. The fourth-order valence-corrected chi connectivity index (χ4v) is 1.83. The number of amides is 1. The van der Waals surface area contributed by atoms with Crippen molar-refractivity contribution < 1.29 is 4.79 Å². The number of rotatable bonds is 2. The van der Waals surface area contributed by atoms with Crippen LogP contribution in [0.3, 0.4) is 0 Å². The lowest BCUT2D eigenvalue weighted by atomic mass is 10.2. The molecule has 4 heteroatoms. The molecular weight excluding hydrogens is 166 g/mol. The summed E-state index contributed by atoms with van der Waals surface area (Å²) in [4.78, 5) is 10.8. The molecule has 1 saturated carbocycles. The highest BCUT2D eigenvalue weighted by atomic mass is 16.1. The van der Waals surface area contributed by atoms with Crippen LogP contribution in [-0.2, 0) is 0 Å². The van der Waals surface area contributed by atoms with Crippen molar-refractivity contribution >= 4 is 5.91 Å². The average molecular weight is 179 g/mol. The van der Waals surface area contributed by atoms with E-state index in [0.717, 1.165) is 0 Å². The molecule has 1 fully saturated rings. The summed E-state index contributed by atoms with van der Waals surface area (Å²) in [6, 6.07) is 0.480. The summed E-state index contributed by atoms with van der Waals surface area (Å²) in [5, 5.41) is 4.14. The van der Waals surface area contributed by atoms with Gasteiger partial charge >= 0.3 is 0 Å². The van der Waals surface area contributed by atoms with Gasteiger partial charge in [0.05, 0.1) is 17.8 Å². The number of aromatic nitrogens is 2. The quantitative estimate of drug-likeness (QED) is 0.738. The third-order valence-corrected chi connectivity index (χ3v) is 2.58. The van der Waals surface area contributed by atoms with Gasteiger partial charge in [-0.15, -0.1) is 0 Å². The Labute approximate surface area is 76.7 Å². The van der Waals surface area contributed by atoms with Crippen molar-refractivity contribution in [3.8, 4) is 0 Å². The molecule has 0 spiro atoms. The second kappa shape index (κ2) is 3.20. The number of nitrogens with zero attached hydrogens (tertiary/aromatic N) is 2. The van der Waals surface area contributed by atoms with E-state index in [9.17, 15) is 4.79 Å². The van der Waals surface area contributed by atoms with Crippen LogP contribution in [0.25, 0.3) is 0 Å². The monoisotopic (exact) mass is 179 g/mol. The molecule has 0 saturated heterocycles. The predicted octanol–water partition coefficient (Wildman–Crippen LogP) is 1.10. The van der Waals surface area contributed by atoms with Crippen LogP contribution >= 0.6 is 0 Å². The van der Waals surface area contributed by atoms with E-state index in [1.807, 2.05) is 4.68 Å². The van der Waals surface area contributed by atoms with Crippen LogP contribution in [0.1, 0.15) is 42.1 Å². The number of nitrogens with two attached hydrogens (primary N) is 1. The first-order valence-electron chi connectivity index (χ1n) is 4.61. The fraction of sp³-hybridized carbons (Fsp3) is 0.556. The summed E-state index contributed by atoms with van der Waals surface area (Å²) in [5.41, 5.74) is 5.64. The normalized spacial score (nSPS) is 17.8. The van der Waals surface area contributed by atoms with Crippen LogP contribution < -0.4 is 5.73 Å². The van der Waals surface area contributed by atoms with Gasteiger partial charge in [-0.2, -0.15) is 5.10 Å². The van der Waals surface area contributed by atoms with Gasteiger partial charge < -0.3 is 5.73 Å². The molecule has 0 aliphatic heterocycles. The molecule has 4 nitrogen and oxygen atoms in total. The van der Waals surface area contributed by atoms with Crippen LogP contribution in [0.4, 0.5) is 0 Å². The molecule has 0 atom stereocenters. The molecule has 1 aromatic heterocycles. The molecule has 0 bridgehead atoms. The van der Waals surface area contributed by atoms with Crippen LogP contribution in [0.2, 0.25) is 0 Å². The lowest BCUT2D eigenvalue weighted by molar-refractivity contribution is 0.1000. The zero-order chi connectivity index (χ0) is 9.26. The van der Waals surface area contributed by atoms with Crippen molar-refractivity contribution in [1.29, 1.82) is 0 Å². The van der Waals surface area contributed by atoms with Crippen LogP contribution in [0.15, 0.2) is 12.4 Å². The highest BCUT2D eigenvalue weighted by molar-refractivity contribution is 5.92. The van der Waals surface area contributed by atoms with Crippen molar-refractivity contribution in [2.45, 2.75) is 31.7 Å². The first-order valence-corrected chi connectivity index (χ1v) is 4.61. The molecule has 0 unspecified atom stereocenters. The summed E-state index contributed by atoms with van der Waals surface area (Å²) in [6.07, 6.45) is 8.14. The highest BCUT2D eigenvalue weighted by Gasteiger charge is 2.18. The third kappa shape index (κ3) is 1.56. The lowest BCUT2D eigenvalue weighted by Gasteiger charge is -2.07. The summed E-state index contributed by atoms with van der Waals surface area (Å²) in [6.45, 7) is 0. The first kappa shape index (κ1) is 8.29. The molecule has 0 aromatic carbocycles. The van der Waals surface area contributed by atoms with Gasteiger partial charge in [-0.1, -0.05) is 12.8 Å². The predicted molar refractivity (Wildman–Crippen MR) is 48.2 cm³/mol. The van der Waals surface area contributed by atoms with Crippen LogP contribution in [0.5, 0.6) is 0 Å². The summed E-state index contributed by atoms with van der Waals surface area (Å²) < 4.78 is 1.87. The Kier molecular flexibility index (Phi) is 2.04. The molecule has 1 aliphatic carbocycles. The zero-order valence-corrected chi connectivity index (χ0v) is 7.44. The molecular formula is C9H13N3O. The number of carbonyl (C=O) groups excluding carboxylic acids is 1. The molecule has 2 N–H and O–H groups in total. The highest BCUT2D eigenvalue weighted by Crippen LogP contribution is 2.28. The second-order valence-electron chi connectivity index (χ2n) is 3.51. The first-order chi connectivity index (χ1) is 6.27. The largest absolute Gasteiger partial charge is 0.366 e. The summed E-state index contributed by atoms with van der Waals surface area (Å²) in [7, 11) is 0. The zero-order valence-electron chi connectivity index (χ0n) is 7.44. The summed E-state index contributed by atoms with van der Waals surface area (Å²) in [5.74, 6) is -0.399. The average Bonchev–Trinajstić information content (AvgIpc) is 2.75. The number of hydrogen-bond donors (Lipinski definition) is 1.